The molecule has 0 saturated heterocycles. The number of nitro groups is 1. The summed E-state index contributed by atoms with van der Waals surface area (Å²) in [6, 6.07) is 3.53. The van der Waals surface area contributed by atoms with Crippen molar-refractivity contribution in [1.29, 1.82) is 0 Å². The van der Waals surface area contributed by atoms with Crippen LogP contribution in [0, 0.1) is 10.1 Å². The quantitative estimate of drug-likeness (QED) is 0.395. The number of anilines is 1. The highest BCUT2D eigenvalue weighted by molar-refractivity contribution is 5.90. The van der Waals surface area contributed by atoms with Gasteiger partial charge in [0.1, 0.15) is 11.3 Å². The summed E-state index contributed by atoms with van der Waals surface area (Å²) < 4.78 is 5.07. The zero-order valence-corrected chi connectivity index (χ0v) is 13.8. The predicted octanol–water partition coefficient (Wildman–Crippen LogP) is 2.62. The Morgan fingerprint density at radius 1 is 1.29 bits per heavy atom. The molecule has 0 aromatic heterocycles. The van der Waals surface area contributed by atoms with E-state index in [1.165, 1.54) is 12.1 Å². The largest absolute Gasteiger partial charge is 0.478 e. The maximum atomic E-state index is 11.4. The average Bonchev–Trinajstić information content (AvgIpc) is 2.44. The zero-order valence-electron chi connectivity index (χ0n) is 13.8. The highest BCUT2D eigenvalue weighted by Crippen LogP contribution is 2.25. The molecule has 3 N–H and O–H groups in total. The van der Waals surface area contributed by atoms with Crippen molar-refractivity contribution in [3.63, 3.8) is 0 Å². The first kappa shape index (κ1) is 19.2. The number of benzene rings is 1. The Kier molecular flexibility index (Phi) is 6.51. The van der Waals surface area contributed by atoms with Crippen LogP contribution in [0.3, 0.4) is 0 Å². The van der Waals surface area contributed by atoms with Crippen molar-refractivity contribution >= 4 is 23.4 Å². The number of hydrogen-bond acceptors (Lipinski definition) is 6. The topological polar surface area (TPSA) is 131 Å². The molecule has 9 heteroatoms. The fourth-order valence-electron chi connectivity index (χ4n) is 1.79. The van der Waals surface area contributed by atoms with E-state index in [4.69, 9.17) is 9.84 Å². The number of aromatic carboxylic acids is 1. The Morgan fingerprint density at radius 3 is 2.50 bits per heavy atom. The molecule has 1 amide bonds. The Morgan fingerprint density at radius 2 is 1.96 bits per heavy atom. The minimum atomic E-state index is -1.17. The number of nitro benzene ring substituents is 1. The van der Waals surface area contributed by atoms with Crippen molar-refractivity contribution in [2.24, 2.45) is 0 Å². The number of carbonyl (C=O) groups excluding carboxylic acids is 1. The van der Waals surface area contributed by atoms with Crippen LogP contribution in [0.4, 0.5) is 16.2 Å². The summed E-state index contributed by atoms with van der Waals surface area (Å²) in [5, 5.41) is 25.3. The molecule has 0 unspecified atom stereocenters. The SMILES string of the molecule is CC(C)(C)OC(=O)NCCCNc1cc(C(=O)O)ccc1[N+](=O)[O-]. The Balaban J connectivity index is 2.52. The van der Waals surface area contributed by atoms with E-state index in [2.05, 4.69) is 10.6 Å². The van der Waals surface area contributed by atoms with Gasteiger partial charge < -0.3 is 20.5 Å². The molecule has 0 radical (unpaired) electrons. The van der Waals surface area contributed by atoms with E-state index in [0.29, 0.717) is 19.5 Å². The van der Waals surface area contributed by atoms with Crippen molar-refractivity contribution in [3.8, 4) is 0 Å². The number of rotatable bonds is 7. The van der Waals surface area contributed by atoms with Crippen LogP contribution in [0.15, 0.2) is 18.2 Å². The van der Waals surface area contributed by atoms with Crippen LogP contribution in [0.1, 0.15) is 37.6 Å². The summed E-state index contributed by atoms with van der Waals surface area (Å²) >= 11 is 0. The van der Waals surface area contributed by atoms with Gasteiger partial charge in [0.2, 0.25) is 0 Å². The average molecular weight is 339 g/mol. The van der Waals surface area contributed by atoms with Gasteiger partial charge in [0.05, 0.1) is 10.5 Å². The molecule has 132 valence electrons. The van der Waals surface area contributed by atoms with Crippen LogP contribution in [-0.4, -0.2) is 40.8 Å². The van der Waals surface area contributed by atoms with Crippen molar-refractivity contribution in [3.05, 3.63) is 33.9 Å². The number of carbonyl (C=O) groups is 2. The molecule has 0 atom stereocenters. The van der Waals surface area contributed by atoms with Crippen molar-refractivity contribution < 1.29 is 24.4 Å². The Hall–Kier alpha value is -2.84. The second kappa shape index (κ2) is 8.14. The van der Waals surface area contributed by atoms with Crippen molar-refractivity contribution in [1.82, 2.24) is 5.32 Å². The lowest BCUT2D eigenvalue weighted by atomic mass is 10.1. The third kappa shape index (κ3) is 6.51. The number of carboxylic acids is 1. The van der Waals surface area contributed by atoms with Gasteiger partial charge in [-0.15, -0.1) is 0 Å². The number of ether oxygens (including phenoxy) is 1. The molecule has 0 bridgehead atoms. The van der Waals surface area contributed by atoms with E-state index in [1.807, 2.05) is 0 Å². The number of amides is 1. The molecule has 0 aliphatic rings. The third-order valence-electron chi connectivity index (χ3n) is 2.78. The fourth-order valence-corrected chi connectivity index (χ4v) is 1.79. The molecular formula is C15H21N3O6. The Bertz CT molecular complexity index is 624. The van der Waals surface area contributed by atoms with Crippen molar-refractivity contribution in [2.45, 2.75) is 32.8 Å². The van der Waals surface area contributed by atoms with E-state index in [9.17, 15) is 19.7 Å². The normalized spacial score (nSPS) is 10.8. The van der Waals surface area contributed by atoms with Gasteiger partial charge in [-0.2, -0.15) is 0 Å². The van der Waals surface area contributed by atoms with E-state index in [1.54, 1.807) is 20.8 Å². The van der Waals surface area contributed by atoms with E-state index < -0.39 is 22.6 Å². The lowest BCUT2D eigenvalue weighted by molar-refractivity contribution is -0.384. The molecule has 1 rings (SSSR count). The van der Waals surface area contributed by atoms with E-state index in [-0.39, 0.29) is 16.9 Å². The summed E-state index contributed by atoms with van der Waals surface area (Å²) in [7, 11) is 0. The Labute approximate surface area is 139 Å². The molecule has 9 nitrogen and oxygen atoms in total. The van der Waals surface area contributed by atoms with Gasteiger partial charge in [-0.3, -0.25) is 10.1 Å². The molecule has 0 heterocycles. The lowest BCUT2D eigenvalue weighted by Gasteiger charge is -2.19. The maximum Gasteiger partial charge on any atom is 0.407 e. The molecule has 0 fully saturated rings. The third-order valence-corrected chi connectivity index (χ3v) is 2.78. The van der Waals surface area contributed by atoms with Gasteiger partial charge >= 0.3 is 12.1 Å². The molecule has 0 spiro atoms. The summed E-state index contributed by atoms with van der Waals surface area (Å²) in [5.74, 6) is -1.17. The number of hydrogen-bond donors (Lipinski definition) is 3. The fraction of sp³-hybridized carbons (Fsp3) is 0.467. The molecule has 1 aromatic rings. The highest BCUT2D eigenvalue weighted by atomic mass is 16.6. The first-order chi connectivity index (χ1) is 11.1. The molecule has 1 aromatic carbocycles. The smallest absolute Gasteiger partial charge is 0.407 e. The number of nitrogens with one attached hydrogen (secondary N) is 2. The minimum absolute atomic E-state index is 0.0463. The van der Waals surface area contributed by atoms with Gasteiger partial charge in [0.15, 0.2) is 0 Å². The van der Waals surface area contributed by atoms with Gasteiger partial charge in [-0.1, -0.05) is 0 Å². The maximum absolute atomic E-state index is 11.4. The summed E-state index contributed by atoms with van der Waals surface area (Å²) in [6.07, 6.45) is -0.0606. The van der Waals surface area contributed by atoms with Crippen LogP contribution in [0.25, 0.3) is 0 Å². The monoisotopic (exact) mass is 339 g/mol. The van der Waals surface area contributed by atoms with E-state index in [0.717, 1.165) is 6.07 Å². The first-order valence-corrected chi connectivity index (χ1v) is 7.32. The van der Waals surface area contributed by atoms with Crippen LogP contribution in [0.2, 0.25) is 0 Å². The van der Waals surface area contributed by atoms with Gasteiger partial charge in [0, 0.05) is 19.2 Å². The zero-order chi connectivity index (χ0) is 18.3. The predicted molar refractivity (Wildman–Crippen MR) is 87.4 cm³/mol. The molecule has 0 saturated carbocycles. The van der Waals surface area contributed by atoms with Crippen LogP contribution >= 0.6 is 0 Å². The van der Waals surface area contributed by atoms with E-state index >= 15 is 0 Å². The van der Waals surface area contributed by atoms with Gasteiger partial charge in [-0.05, 0) is 39.3 Å². The molecule has 0 aliphatic carbocycles. The van der Waals surface area contributed by atoms with Crippen LogP contribution in [0.5, 0.6) is 0 Å². The second-order valence-electron chi connectivity index (χ2n) is 6.00. The molecule has 0 aliphatic heterocycles. The van der Waals surface area contributed by atoms with Gasteiger partial charge in [0.25, 0.3) is 5.69 Å². The number of nitrogens with zero attached hydrogens (tertiary/aromatic N) is 1. The van der Waals surface area contributed by atoms with Crippen molar-refractivity contribution in [2.75, 3.05) is 18.4 Å². The van der Waals surface area contributed by atoms with Crippen LogP contribution in [-0.2, 0) is 4.74 Å². The number of alkyl carbamates (subject to hydrolysis) is 1. The summed E-state index contributed by atoms with van der Waals surface area (Å²) in [5.41, 5.74) is -0.715. The highest BCUT2D eigenvalue weighted by Gasteiger charge is 2.17. The number of carboxylic acid groups (broad SMARTS) is 1. The summed E-state index contributed by atoms with van der Waals surface area (Å²) in [4.78, 5) is 32.8. The molecular weight excluding hydrogens is 318 g/mol. The standard InChI is InChI=1S/C15H21N3O6/c1-15(2,3)24-14(21)17-8-4-7-16-11-9-10(13(19)20)5-6-12(11)18(22)23/h5-6,9,16H,4,7-8H2,1-3H3,(H,17,21)(H,19,20). The second-order valence-corrected chi connectivity index (χ2v) is 6.00. The van der Waals surface area contributed by atoms with Gasteiger partial charge in [-0.25, -0.2) is 9.59 Å². The molecule has 24 heavy (non-hydrogen) atoms. The minimum Gasteiger partial charge on any atom is -0.478 e. The lowest BCUT2D eigenvalue weighted by Crippen LogP contribution is -2.33. The first-order valence-electron chi connectivity index (χ1n) is 7.32. The van der Waals surface area contributed by atoms with Crippen LogP contribution < -0.4 is 10.6 Å². The summed E-state index contributed by atoms with van der Waals surface area (Å²) in [6.45, 7) is 5.89.